The summed E-state index contributed by atoms with van der Waals surface area (Å²) >= 11 is 5.45. The van der Waals surface area contributed by atoms with Gasteiger partial charge >= 0.3 is 0 Å². The first-order valence-electron chi connectivity index (χ1n) is 5.07. The van der Waals surface area contributed by atoms with Gasteiger partial charge in [-0.25, -0.2) is 8.42 Å². The number of ether oxygens (including phenoxy) is 1. The van der Waals surface area contributed by atoms with E-state index in [4.69, 9.17) is 16.3 Å². The van der Waals surface area contributed by atoms with Gasteiger partial charge in [0.15, 0.2) is 0 Å². The third kappa shape index (κ3) is 4.68. The van der Waals surface area contributed by atoms with E-state index in [-0.39, 0.29) is 11.3 Å². The van der Waals surface area contributed by atoms with Crippen molar-refractivity contribution in [2.24, 2.45) is 0 Å². The Hall–Kier alpha value is 0.160. The third-order valence-electron chi connectivity index (χ3n) is 2.36. The predicted molar refractivity (Wildman–Crippen MR) is 62.6 cm³/mol. The minimum Gasteiger partial charge on any atom is -0.383 e. The fourth-order valence-corrected chi connectivity index (χ4v) is 3.10. The normalized spacial score (nSPS) is 12.7. The monoisotopic (exact) mass is 257 g/mol. The van der Waals surface area contributed by atoms with Crippen LogP contribution >= 0.6 is 11.6 Å². The van der Waals surface area contributed by atoms with Crippen molar-refractivity contribution >= 4 is 21.6 Å². The van der Waals surface area contributed by atoms with Crippen molar-refractivity contribution in [3.63, 3.8) is 0 Å². The molecule has 0 saturated carbocycles. The number of nitrogens with zero attached hydrogens (tertiary/aromatic N) is 1. The highest BCUT2D eigenvalue weighted by molar-refractivity contribution is 7.90. The van der Waals surface area contributed by atoms with Gasteiger partial charge in [0.1, 0.15) is 5.21 Å². The van der Waals surface area contributed by atoms with Crippen molar-refractivity contribution in [1.82, 2.24) is 4.31 Å². The first kappa shape index (κ1) is 15.2. The van der Waals surface area contributed by atoms with Crippen LogP contribution in [0.2, 0.25) is 0 Å². The molecule has 0 radical (unpaired) electrons. The zero-order valence-electron chi connectivity index (χ0n) is 9.57. The lowest BCUT2D eigenvalue weighted by Crippen LogP contribution is -2.42. The maximum atomic E-state index is 11.7. The predicted octanol–water partition coefficient (Wildman–Crippen LogP) is 1.65. The van der Waals surface area contributed by atoms with Gasteiger partial charge in [0, 0.05) is 19.7 Å². The first-order valence-corrected chi connectivity index (χ1v) is 7.22. The number of methoxy groups -OCH3 is 1. The van der Waals surface area contributed by atoms with E-state index < -0.39 is 10.0 Å². The van der Waals surface area contributed by atoms with Crippen LogP contribution in [0.3, 0.4) is 0 Å². The largest absolute Gasteiger partial charge is 0.383 e. The van der Waals surface area contributed by atoms with Gasteiger partial charge in [-0.15, -0.1) is 11.6 Å². The Kier molecular flexibility index (Phi) is 7.52. The molecule has 0 aliphatic heterocycles. The van der Waals surface area contributed by atoms with Gasteiger partial charge in [0.2, 0.25) is 10.0 Å². The van der Waals surface area contributed by atoms with E-state index in [1.807, 2.05) is 13.8 Å². The van der Waals surface area contributed by atoms with Crippen molar-refractivity contribution in [2.75, 3.05) is 25.5 Å². The van der Waals surface area contributed by atoms with Gasteiger partial charge in [-0.3, -0.25) is 0 Å². The van der Waals surface area contributed by atoms with Crippen LogP contribution in [0.15, 0.2) is 0 Å². The van der Waals surface area contributed by atoms with Crippen LogP contribution in [0.5, 0.6) is 0 Å². The zero-order chi connectivity index (χ0) is 11.9. The summed E-state index contributed by atoms with van der Waals surface area (Å²) in [6, 6.07) is 0.0175. The van der Waals surface area contributed by atoms with Crippen LogP contribution in [-0.4, -0.2) is 44.2 Å². The minimum absolute atomic E-state index is 0.0175. The lowest BCUT2D eigenvalue weighted by atomic mass is 10.2. The summed E-state index contributed by atoms with van der Waals surface area (Å²) in [6.07, 6.45) is 1.58. The quantitative estimate of drug-likeness (QED) is 0.621. The van der Waals surface area contributed by atoms with E-state index in [0.717, 1.165) is 12.8 Å². The molecule has 92 valence electrons. The molecule has 0 rings (SSSR count). The molecular weight excluding hydrogens is 238 g/mol. The van der Waals surface area contributed by atoms with Gasteiger partial charge < -0.3 is 4.74 Å². The lowest BCUT2D eigenvalue weighted by molar-refractivity contribution is 0.163. The number of hydrogen-bond acceptors (Lipinski definition) is 3. The molecule has 0 aliphatic rings. The molecule has 0 N–H and O–H groups in total. The summed E-state index contributed by atoms with van der Waals surface area (Å²) in [6.45, 7) is 4.71. The number of halogens is 1. The van der Waals surface area contributed by atoms with Crippen LogP contribution in [0.4, 0.5) is 0 Å². The highest BCUT2D eigenvalue weighted by atomic mass is 35.5. The van der Waals surface area contributed by atoms with Crippen LogP contribution in [-0.2, 0) is 14.8 Å². The summed E-state index contributed by atoms with van der Waals surface area (Å²) < 4.78 is 29.8. The van der Waals surface area contributed by atoms with Crippen molar-refractivity contribution in [3.8, 4) is 0 Å². The highest BCUT2D eigenvalue weighted by Crippen LogP contribution is 2.14. The van der Waals surface area contributed by atoms with Crippen LogP contribution < -0.4 is 0 Å². The van der Waals surface area contributed by atoms with Gasteiger partial charge in [-0.2, -0.15) is 4.31 Å². The summed E-state index contributed by atoms with van der Waals surface area (Å²) in [4.78, 5) is 0. The van der Waals surface area contributed by atoms with Crippen LogP contribution in [0.1, 0.15) is 26.7 Å². The van der Waals surface area contributed by atoms with Crippen molar-refractivity contribution in [1.29, 1.82) is 0 Å². The second-order valence-electron chi connectivity index (χ2n) is 3.29. The maximum Gasteiger partial charge on any atom is 0.228 e. The van der Waals surface area contributed by atoms with Gasteiger partial charge in [-0.05, 0) is 12.8 Å². The average Bonchev–Trinajstić information content (AvgIpc) is 2.24. The molecule has 0 heterocycles. The van der Waals surface area contributed by atoms with Gasteiger partial charge in [-0.1, -0.05) is 13.8 Å². The van der Waals surface area contributed by atoms with Crippen LogP contribution in [0.25, 0.3) is 0 Å². The van der Waals surface area contributed by atoms with Crippen LogP contribution in [0, 0.1) is 0 Å². The molecule has 0 aromatic carbocycles. The molecule has 4 nitrogen and oxygen atoms in total. The Morgan fingerprint density at radius 1 is 1.33 bits per heavy atom. The molecule has 0 unspecified atom stereocenters. The zero-order valence-corrected chi connectivity index (χ0v) is 11.1. The Morgan fingerprint density at radius 3 is 2.20 bits per heavy atom. The molecule has 15 heavy (non-hydrogen) atoms. The topological polar surface area (TPSA) is 46.6 Å². The molecule has 0 atom stereocenters. The van der Waals surface area contributed by atoms with Gasteiger partial charge in [0.05, 0.1) is 6.61 Å². The van der Waals surface area contributed by atoms with Crippen molar-refractivity contribution < 1.29 is 13.2 Å². The van der Waals surface area contributed by atoms with E-state index in [1.54, 1.807) is 7.11 Å². The maximum absolute atomic E-state index is 11.7. The molecule has 0 bridgehead atoms. The minimum atomic E-state index is -3.34. The second-order valence-corrected chi connectivity index (χ2v) is 5.80. The first-order chi connectivity index (χ1) is 7.03. The Labute approximate surface area is 97.6 Å². The fraction of sp³-hybridized carbons (Fsp3) is 1.00. The summed E-state index contributed by atoms with van der Waals surface area (Å²) in [7, 11) is -1.78. The van der Waals surface area contributed by atoms with E-state index in [1.165, 1.54) is 4.31 Å². The molecule has 0 saturated heterocycles. The van der Waals surface area contributed by atoms with E-state index in [9.17, 15) is 8.42 Å². The van der Waals surface area contributed by atoms with Crippen molar-refractivity contribution in [3.05, 3.63) is 0 Å². The smallest absolute Gasteiger partial charge is 0.228 e. The number of sulfonamides is 1. The Bertz CT molecular complexity index is 252. The van der Waals surface area contributed by atoms with E-state index in [2.05, 4.69) is 0 Å². The lowest BCUT2D eigenvalue weighted by Gasteiger charge is -2.28. The summed E-state index contributed by atoms with van der Waals surface area (Å²) in [5, 5.41) is -0.368. The Balaban J connectivity index is 4.71. The number of rotatable bonds is 8. The third-order valence-corrected chi connectivity index (χ3v) is 4.66. The second kappa shape index (κ2) is 7.44. The molecule has 0 aromatic heterocycles. The Morgan fingerprint density at radius 2 is 1.87 bits per heavy atom. The van der Waals surface area contributed by atoms with Crippen molar-refractivity contribution in [2.45, 2.75) is 32.7 Å². The fourth-order valence-electron chi connectivity index (χ4n) is 1.49. The molecule has 0 fully saturated rings. The molecule has 0 spiro atoms. The average molecular weight is 258 g/mol. The summed E-state index contributed by atoms with van der Waals surface area (Å²) in [5.74, 6) is 0. The SMILES string of the molecule is CCC(CC)N(CCOC)S(=O)(=O)CCl. The molecule has 0 amide bonds. The van der Waals surface area contributed by atoms with Gasteiger partial charge in [0.25, 0.3) is 0 Å². The summed E-state index contributed by atoms with van der Waals surface area (Å²) in [5.41, 5.74) is 0. The number of alkyl halides is 1. The molecule has 0 aliphatic carbocycles. The van der Waals surface area contributed by atoms with E-state index in [0.29, 0.717) is 13.2 Å². The van der Waals surface area contributed by atoms with E-state index >= 15 is 0 Å². The molecule has 6 heteroatoms. The highest BCUT2D eigenvalue weighted by Gasteiger charge is 2.26. The molecule has 0 aromatic rings. The number of hydrogen-bond donors (Lipinski definition) is 0. The standard InChI is InChI=1S/C9H20ClNO3S/c1-4-9(5-2)11(6-7-14-3)15(12,13)8-10/h9H,4-8H2,1-3H3. The molecular formula is C9H20ClNO3S.